The van der Waals surface area contributed by atoms with E-state index in [2.05, 4.69) is 6.58 Å². The first kappa shape index (κ1) is 34.4. The Labute approximate surface area is 318 Å². The van der Waals surface area contributed by atoms with E-state index in [1.807, 2.05) is 31.2 Å². The molecule has 9 rings (SSSR count). The van der Waals surface area contributed by atoms with Crippen molar-refractivity contribution in [2.45, 2.75) is 32.6 Å². The van der Waals surface area contributed by atoms with Gasteiger partial charge in [0.15, 0.2) is 11.6 Å². The number of carbonyl (C=O) groups is 4. The van der Waals surface area contributed by atoms with Crippen molar-refractivity contribution in [2.24, 2.45) is 36.1 Å². The molecule has 0 radical (unpaired) electrons. The maximum Gasteiger partial charge on any atom is 0.242 e. The van der Waals surface area contributed by atoms with E-state index in [1.165, 1.54) is 26.6 Å². The molecule has 1 saturated carbocycles. The Morgan fingerprint density at radius 2 is 1.74 bits per heavy atom. The van der Waals surface area contributed by atoms with Crippen molar-refractivity contribution in [1.29, 1.82) is 0 Å². The molecule has 2 aliphatic heterocycles. The van der Waals surface area contributed by atoms with E-state index in [9.17, 15) is 19.5 Å². The number of thiophene rings is 1. The number of halogens is 2. The number of hydrogen-bond acceptors (Lipinski definition) is 7. The fraction of sp³-hybridized carbons (Fsp3) is 0.262. The molecule has 1 N–H and O–H groups in total. The summed E-state index contributed by atoms with van der Waals surface area (Å²) >= 11 is 7.84. The number of hydrogen-bond donors (Lipinski definition) is 1. The number of benzene rings is 3. The molecule has 4 aliphatic rings. The summed E-state index contributed by atoms with van der Waals surface area (Å²) in [6.07, 6.45) is 3.98. The van der Waals surface area contributed by atoms with Crippen LogP contribution < -0.4 is 9.80 Å². The first-order valence-electron chi connectivity index (χ1n) is 17.7. The summed E-state index contributed by atoms with van der Waals surface area (Å²) in [5.74, 6) is -6.48. The fourth-order valence-corrected chi connectivity index (χ4v) is 10.9. The van der Waals surface area contributed by atoms with Crippen LogP contribution in [0.1, 0.15) is 42.4 Å². The second kappa shape index (κ2) is 12.1. The smallest absolute Gasteiger partial charge is 0.242 e. The lowest BCUT2D eigenvalue weighted by atomic mass is 9.51. The Morgan fingerprint density at radius 3 is 2.46 bits per heavy atom. The number of phenolic OH excluding ortho intramolecular Hbond substituents is 1. The number of rotatable bonds is 5. The highest BCUT2D eigenvalue weighted by atomic mass is 35.5. The average molecular weight is 761 g/mol. The summed E-state index contributed by atoms with van der Waals surface area (Å²) in [5.41, 5.74) is 2.59. The first-order valence-corrected chi connectivity index (χ1v) is 18.9. The largest absolute Gasteiger partial charge is 0.505 e. The molecule has 12 heteroatoms. The quantitative estimate of drug-likeness (QED) is 0.143. The van der Waals surface area contributed by atoms with E-state index >= 15 is 9.18 Å². The maximum absolute atomic E-state index is 15.2. The summed E-state index contributed by atoms with van der Waals surface area (Å²) in [5, 5.41) is 16.5. The molecule has 2 aliphatic carbocycles. The Bertz CT molecular complexity index is 2540. The zero-order valence-corrected chi connectivity index (χ0v) is 31.1. The van der Waals surface area contributed by atoms with Gasteiger partial charge in [-0.1, -0.05) is 54.1 Å². The third-order valence-electron chi connectivity index (χ3n) is 12.2. The van der Waals surface area contributed by atoms with Crippen LogP contribution >= 0.6 is 22.9 Å². The predicted octanol–water partition coefficient (Wildman–Crippen LogP) is 8.19. The second-order valence-corrected chi connectivity index (χ2v) is 16.4. The van der Waals surface area contributed by atoms with E-state index in [4.69, 9.17) is 16.7 Å². The molecular formula is C42H34ClFN4O5S. The van der Waals surface area contributed by atoms with Crippen molar-refractivity contribution in [2.75, 3.05) is 9.80 Å². The van der Waals surface area contributed by atoms with Crippen molar-refractivity contribution in [3.05, 3.63) is 112 Å². The molecule has 2 aromatic heterocycles. The van der Waals surface area contributed by atoms with Crippen molar-refractivity contribution in [3.8, 4) is 16.3 Å². The maximum atomic E-state index is 15.2. The van der Waals surface area contributed by atoms with Crippen LogP contribution in [0.25, 0.3) is 26.7 Å². The lowest BCUT2D eigenvalue weighted by Gasteiger charge is -2.49. The number of anilines is 2. The van der Waals surface area contributed by atoms with Gasteiger partial charge in [0, 0.05) is 28.8 Å². The molecule has 0 unspecified atom stereocenters. The highest BCUT2D eigenvalue weighted by Gasteiger charge is 2.68. The zero-order chi connectivity index (χ0) is 38.0. The van der Waals surface area contributed by atoms with E-state index in [-0.39, 0.29) is 30.5 Å². The minimum absolute atomic E-state index is 0.144. The number of nitrogens with zero attached hydrogens (tertiary/aromatic N) is 4. The highest BCUT2D eigenvalue weighted by molar-refractivity contribution is 7.22. The van der Waals surface area contributed by atoms with Crippen LogP contribution in [-0.4, -0.2) is 38.5 Å². The van der Waals surface area contributed by atoms with Crippen molar-refractivity contribution in [3.63, 3.8) is 0 Å². The minimum atomic E-state index is -1.39. The molecule has 272 valence electrons. The van der Waals surface area contributed by atoms with Gasteiger partial charge in [0.25, 0.3) is 0 Å². The number of aromatic nitrogens is 2. The van der Waals surface area contributed by atoms with Gasteiger partial charge < -0.3 is 5.11 Å². The lowest BCUT2D eigenvalue weighted by Crippen LogP contribution is -2.49. The highest BCUT2D eigenvalue weighted by Crippen LogP contribution is 2.64. The topological polar surface area (TPSA) is 113 Å². The van der Waals surface area contributed by atoms with Crippen LogP contribution in [0, 0.1) is 41.8 Å². The van der Waals surface area contributed by atoms with Gasteiger partial charge in [-0.15, -0.1) is 11.3 Å². The number of imide groups is 2. The number of allylic oxidation sites excluding steroid dienone is 2. The molecule has 3 aromatic carbocycles. The van der Waals surface area contributed by atoms with Crippen molar-refractivity contribution < 1.29 is 28.7 Å². The first-order chi connectivity index (χ1) is 25.8. The van der Waals surface area contributed by atoms with Gasteiger partial charge in [-0.05, 0) is 97.1 Å². The van der Waals surface area contributed by atoms with Gasteiger partial charge in [0.05, 0.1) is 33.7 Å². The summed E-state index contributed by atoms with van der Waals surface area (Å²) in [6.45, 7) is 7.50. The Morgan fingerprint density at radius 1 is 0.981 bits per heavy atom. The molecule has 0 spiro atoms. The summed E-state index contributed by atoms with van der Waals surface area (Å²) in [4.78, 5) is 61.4. The van der Waals surface area contributed by atoms with Gasteiger partial charge in [-0.25, -0.2) is 9.29 Å². The molecular weight excluding hydrogens is 727 g/mol. The number of carbonyl (C=O) groups excluding carboxylic acids is 4. The third kappa shape index (κ3) is 4.70. The molecule has 4 heterocycles. The van der Waals surface area contributed by atoms with Crippen molar-refractivity contribution in [1.82, 2.24) is 9.78 Å². The number of fused-ring (bicyclic) bond motifs is 5. The molecule has 6 atom stereocenters. The number of aryl methyl sites for hydroxylation is 2. The average Bonchev–Trinajstić information content (AvgIpc) is 3.83. The van der Waals surface area contributed by atoms with E-state index in [0.717, 1.165) is 31.7 Å². The summed E-state index contributed by atoms with van der Waals surface area (Å²) in [7, 11) is 1.68. The number of aromatic hydroxyl groups is 1. The summed E-state index contributed by atoms with van der Waals surface area (Å²) < 4.78 is 17.7. The van der Waals surface area contributed by atoms with Crippen molar-refractivity contribution >= 4 is 74.2 Å². The van der Waals surface area contributed by atoms with Gasteiger partial charge >= 0.3 is 0 Å². The molecule has 2 saturated heterocycles. The van der Waals surface area contributed by atoms with E-state index < -0.39 is 58.4 Å². The Hall–Kier alpha value is -5.39. The van der Waals surface area contributed by atoms with Crippen LogP contribution in [0.5, 0.6) is 5.75 Å². The van der Waals surface area contributed by atoms with Crippen LogP contribution in [0.4, 0.5) is 15.9 Å². The van der Waals surface area contributed by atoms with Crippen LogP contribution in [0.15, 0.2) is 85.0 Å². The van der Waals surface area contributed by atoms with Gasteiger partial charge in [-0.2, -0.15) is 5.10 Å². The lowest BCUT2D eigenvalue weighted by molar-refractivity contribution is -0.131. The number of phenols is 1. The molecule has 0 bridgehead atoms. The SMILES string of the molecule is C=Cc1ccc(N2C(=O)[C@H]3[C@H](CC=C4[C@H]3C[C@H]3C(=O)N(c5cc(-c6sc7ccc(Cl)cc7c6C)nn5C)C(=O)[C@@]3(C)[C@H]4c3ccc(O)c(F)c3)C2=O)cc1. The number of amides is 4. The summed E-state index contributed by atoms with van der Waals surface area (Å²) in [6, 6.07) is 18.4. The minimum Gasteiger partial charge on any atom is -0.505 e. The van der Waals surface area contributed by atoms with Gasteiger partial charge in [0.2, 0.25) is 23.6 Å². The molecule has 9 nitrogen and oxygen atoms in total. The predicted molar refractivity (Wildman–Crippen MR) is 205 cm³/mol. The van der Waals surface area contributed by atoms with Crippen LogP contribution in [0.3, 0.4) is 0 Å². The van der Waals surface area contributed by atoms with E-state index in [1.54, 1.807) is 67.8 Å². The Balaban J connectivity index is 1.15. The zero-order valence-electron chi connectivity index (χ0n) is 29.5. The van der Waals surface area contributed by atoms with Crippen LogP contribution in [-0.2, 0) is 26.2 Å². The molecule has 4 amide bonds. The molecule has 3 fully saturated rings. The van der Waals surface area contributed by atoms with Gasteiger partial charge in [0.1, 0.15) is 11.5 Å². The Kier molecular flexibility index (Phi) is 7.68. The van der Waals surface area contributed by atoms with E-state index in [0.29, 0.717) is 22.0 Å². The fourth-order valence-electron chi connectivity index (χ4n) is 9.55. The molecule has 5 aromatic rings. The third-order valence-corrected chi connectivity index (χ3v) is 13.7. The van der Waals surface area contributed by atoms with Gasteiger partial charge in [-0.3, -0.25) is 28.8 Å². The standard InChI is InChI=1S/C42H34ClFN4O5S/c1-5-21-6-10-24(11-7-21)47-38(50)26-13-12-25-28(35(26)40(47)52)18-29-39(51)48(41(53)42(29,3)36(25)22-8-14-32(49)30(44)16-22)34-19-31(45-46(34)4)37-20(2)27-17-23(43)9-15-33(27)54-37/h5-12,14-17,19,26,28-29,35-36,49H,1,13,18H2,2-4H3/t26-,28+,29-,35-,36-,42+/m0/s1. The normalized spacial score (nSPS) is 26.3. The van der Waals surface area contributed by atoms with Crippen LogP contribution in [0.2, 0.25) is 5.02 Å². The monoisotopic (exact) mass is 760 g/mol. The second-order valence-electron chi connectivity index (χ2n) is 14.9. The molecule has 54 heavy (non-hydrogen) atoms.